The predicted molar refractivity (Wildman–Crippen MR) is 210 cm³/mol. The quantitative estimate of drug-likeness (QED) is 0.119. The van der Waals surface area contributed by atoms with Crippen LogP contribution in [-0.4, -0.2) is 63.2 Å². The zero-order valence-electron chi connectivity index (χ0n) is 24.5. The van der Waals surface area contributed by atoms with Crippen molar-refractivity contribution in [3.8, 4) is 0 Å². The van der Waals surface area contributed by atoms with Crippen LogP contribution in [0.15, 0.2) is 182 Å². The Bertz CT molecular complexity index is 1570. The van der Waals surface area contributed by atoms with Gasteiger partial charge in [0, 0.05) is 0 Å². The van der Waals surface area contributed by atoms with Gasteiger partial charge in [0.15, 0.2) is 0 Å². The standard InChI is InChI=1S/C37H35OP3Se4/c38-41(31-19-7-1-8-20-31,32-21-9-2-10-22-32)37(39(42-33-23-11-3-12-24-33)43-34-25-13-4-14-26-34)40(44-35-27-15-5-16-28-35)45-36-29-17-6-18-30-36/h1-30,37H,39-40H2. The van der Waals surface area contributed by atoms with Gasteiger partial charge < -0.3 is 0 Å². The first-order valence-corrected chi connectivity index (χ1v) is 35.1. The summed E-state index contributed by atoms with van der Waals surface area (Å²) < 4.78 is 22.5. The van der Waals surface area contributed by atoms with Crippen molar-refractivity contribution in [1.29, 1.82) is 0 Å². The van der Waals surface area contributed by atoms with Gasteiger partial charge in [0.1, 0.15) is 0 Å². The molecule has 0 saturated carbocycles. The van der Waals surface area contributed by atoms with Gasteiger partial charge in [-0.15, -0.1) is 0 Å². The summed E-state index contributed by atoms with van der Waals surface area (Å²) in [5.41, 5.74) is 0. The van der Waals surface area contributed by atoms with E-state index in [4.69, 9.17) is 0 Å². The van der Waals surface area contributed by atoms with Gasteiger partial charge in [0.05, 0.1) is 0 Å². The molecule has 0 heterocycles. The molecule has 0 fully saturated rings. The maximum absolute atomic E-state index is 16.7. The number of hydrogen-bond acceptors (Lipinski definition) is 1. The van der Waals surface area contributed by atoms with E-state index in [9.17, 15) is 0 Å². The van der Waals surface area contributed by atoms with Crippen LogP contribution in [0.3, 0.4) is 0 Å². The van der Waals surface area contributed by atoms with Crippen molar-refractivity contribution in [2.45, 2.75) is 5.14 Å². The SMILES string of the molecule is O=P(c1ccccc1)(c1ccccc1)C([PH2]([Se]c1ccccc1)[Se]c1ccccc1)[PH2]([Se]c1ccccc1)[Se]c1ccccc1. The van der Waals surface area contributed by atoms with Crippen LogP contribution in [0.25, 0.3) is 0 Å². The van der Waals surface area contributed by atoms with Gasteiger partial charge in [-0.1, -0.05) is 0 Å². The van der Waals surface area contributed by atoms with Crippen molar-refractivity contribution in [3.05, 3.63) is 182 Å². The molecular weight excluding hydrogens is 869 g/mol. The first-order chi connectivity index (χ1) is 22.2. The molecule has 0 atom stereocenters. The molecule has 45 heavy (non-hydrogen) atoms. The molecule has 0 amide bonds. The second kappa shape index (κ2) is 17.1. The molecule has 0 bridgehead atoms. The van der Waals surface area contributed by atoms with Crippen molar-refractivity contribution in [2.75, 3.05) is 0 Å². The molecule has 0 unspecified atom stereocenters. The predicted octanol–water partition coefficient (Wildman–Crippen LogP) is 4.96. The van der Waals surface area contributed by atoms with E-state index in [0.717, 1.165) is 10.6 Å². The zero-order valence-corrected chi connectivity index (χ0v) is 34.6. The number of benzene rings is 6. The molecule has 0 aliphatic heterocycles. The molecule has 6 aromatic carbocycles. The van der Waals surface area contributed by atoms with Gasteiger partial charge in [-0.3, -0.25) is 0 Å². The third-order valence-corrected chi connectivity index (χ3v) is 67.8. The summed E-state index contributed by atoms with van der Waals surface area (Å²) >= 11 is 1.19. The molecule has 0 N–H and O–H groups in total. The molecule has 1 nitrogen and oxygen atoms in total. The Kier molecular flexibility index (Phi) is 12.7. The van der Waals surface area contributed by atoms with Crippen LogP contribution in [0.5, 0.6) is 0 Å². The Morgan fingerprint density at radius 2 is 0.578 bits per heavy atom. The fourth-order valence-electron chi connectivity index (χ4n) is 5.12. The molecule has 8 heteroatoms. The topological polar surface area (TPSA) is 17.1 Å². The average molecular weight is 904 g/mol. The first kappa shape index (κ1) is 33.4. The summed E-state index contributed by atoms with van der Waals surface area (Å²) in [6.07, 6.45) is 0. The summed E-state index contributed by atoms with van der Waals surface area (Å²) in [5, 5.41) is -0.932. The van der Waals surface area contributed by atoms with Gasteiger partial charge in [0.2, 0.25) is 0 Å². The van der Waals surface area contributed by atoms with Gasteiger partial charge >= 0.3 is 296 Å². The maximum atomic E-state index is 16.7. The molecular formula is C37H35OP3Se4. The number of rotatable bonds is 13. The van der Waals surface area contributed by atoms with E-state index < -0.39 is 17.7 Å². The van der Waals surface area contributed by atoms with Crippen molar-refractivity contribution in [3.63, 3.8) is 0 Å². The van der Waals surface area contributed by atoms with Crippen LogP contribution in [-0.2, 0) is 4.57 Å². The van der Waals surface area contributed by atoms with Crippen LogP contribution in [0.1, 0.15) is 0 Å². The molecule has 6 aromatic rings. The summed E-state index contributed by atoms with van der Waals surface area (Å²) in [7, 11) is -3.01. The Morgan fingerprint density at radius 3 is 0.822 bits per heavy atom. The fourth-order valence-corrected chi connectivity index (χ4v) is 101. The van der Waals surface area contributed by atoms with Crippen molar-refractivity contribution in [2.24, 2.45) is 0 Å². The second-order valence-electron chi connectivity index (χ2n) is 10.3. The van der Waals surface area contributed by atoms with E-state index >= 15 is 4.57 Å². The van der Waals surface area contributed by atoms with E-state index in [0.29, 0.717) is 58.1 Å². The van der Waals surface area contributed by atoms with Gasteiger partial charge in [-0.2, -0.15) is 0 Å². The van der Waals surface area contributed by atoms with Gasteiger partial charge in [0.25, 0.3) is 0 Å². The van der Waals surface area contributed by atoms with E-state index in [1.165, 1.54) is 17.8 Å². The first-order valence-electron chi connectivity index (χ1n) is 14.8. The second-order valence-corrected chi connectivity index (χ2v) is 50.7. The summed E-state index contributed by atoms with van der Waals surface area (Å²) in [6.45, 7) is 0. The zero-order chi connectivity index (χ0) is 30.7. The van der Waals surface area contributed by atoms with Gasteiger partial charge in [-0.25, -0.2) is 0 Å². The molecule has 228 valence electrons. The minimum atomic E-state index is -3.01. The van der Waals surface area contributed by atoms with E-state index in [2.05, 4.69) is 182 Å². The van der Waals surface area contributed by atoms with E-state index in [1.54, 1.807) is 0 Å². The van der Waals surface area contributed by atoms with Crippen LogP contribution in [0.4, 0.5) is 0 Å². The van der Waals surface area contributed by atoms with Crippen LogP contribution in [0, 0.1) is 0 Å². The van der Waals surface area contributed by atoms with E-state index in [-0.39, 0.29) is 5.14 Å². The Morgan fingerprint density at radius 1 is 0.356 bits per heavy atom. The summed E-state index contributed by atoms with van der Waals surface area (Å²) in [6, 6.07) is 65.9. The fraction of sp³-hybridized carbons (Fsp3) is 0.0270. The van der Waals surface area contributed by atoms with Crippen molar-refractivity contribution >= 4 is 104 Å². The molecule has 0 spiro atoms. The van der Waals surface area contributed by atoms with Crippen molar-refractivity contribution in [1.82, 2.24) is 0 Å². The molecule has 6 rings (SSSR count). The Hall–Kier alpha value is -1.51. The molecule has 0 aliphatic carbocycles. The molecule has 0 aromatic heterocycles. The summed E-state index contributed by atoms with van der Waals surface area (Å²) in [4.78, 5) is 0. The third kappa shape index (κ3) is 8.90. The minimum absolute atomic E-state index is 0.267. The number of hydrogen-bond donors (Lipinski definition) is 0. The van der Waals surface area contributed by atoms with Gasteiger partial charge in [-0.05, 0) is 0 Å². The molecule has 0 saturated heterocycles. The normalized spacial score (nSPS) is 12.7. The third-order valence-electron chi connectivity index (χ3n) is 7.24. The molecule has 0 radical (unpaired) electrons. The van der Waals surface area contributed by atoms with E-state index in [1.807, 2.05) is 0 Å². The van der Waals surface area contributed by atoms with Crippen LogP contribution >= 0.6 is 17.7 Å². The van der Waals surface area contributed by atoms with Crippen molar-refractivity contribution < 1.29 is 4.57 Å². The van der Waals surface area contributed by atoms with Crippen LogP contribution < -0.4 is 28.5 Å². The summed E-state index contributed by atoms with van der Waals surface area (Å²) in [5.74, 6) is 0. The monoisotopic (exact) mass is 908 g/mol. The molecule has 0 aliphatic rings. The Labute approximate surface area is 293 Å². The Balaban J connectivity index is 1.59. The average Bonchev–Trinajstić information content (AvgIpc) is 3.11. The van der Waals surface area contributed by atoms with Crippen LogP contribution in [0.2, 0.25) is 0 Å².